The lowest BCUT2D eigenvalue weighted by Crippen LogP contribution is -2.46. The number of nitrogen functional groups attached to an aromatic ring is 1. The third kappa shape index (κ3) is 3.02. The van der Waals surface area contributed by atoms with Gasteiger partial charge < -0.3 is 10.6 Å². The lowest BCUT2D eigenvalue weighted by Gasteiger charge is -2.35. The number of aromatic nitrogens is 2. The second-order valence-corrected chi connectivity index (χ2v) is 5.52. The molecule has 2 aromatic rings. The molecule has 0 unspecified atom stereocenters. The minimum Gasteiger partial charge on any atom is -0.375 e. The van der Waals surface area contributed by atoms with Crippen molar-refractivity contribution < 1.29 is 0 Å². The van der Waals surface area contributed by atoms with Crippen molar-refractivity contribution in [2.24, 2.45) is 0 Å². The van der Waals surface area contributed by atoms with E-state index in [0.29, 0.717) is 5.13 Å². The summed E-state index contributed by atoms with van der Waals surface area (Å²) in [6, 6.07) is 6.05. The summed E-state index contributed by atoms with van der Waals surface area (Å²) in [5.41, 5.74) is 6.73. The second kappa shape index (κ2) is 5.54. The molecule has 3 rings (SSSR count). The number of pyridine rings is 1. The summed E-state index contributed by atoms with van der Waals surface area (Å²) in [6.45, 7) is 4.99. The first-order chi connectivity index (χ1) is 9.31. The van der Waals surface area contributed by atoms with Crippen molar-refractivity contribution in [1.82, 2.24) is 14.9 Å². The third-order valence-corrected chi connectivity index (χ3v) is 4.02. The van der Waals surface area contributed by atoms with E-state index < -0.39 is 0 Å². The van der Waals surface area contributed by atoms with Gasteiger partial charge in [0.2, 0.25) is 0 Å². The highest BCUT2D eigenvalue weighted by atomic mass is 32.1. The summed E-state index contributed by atoms with van der Waals surface area (Å²) >= 11 is 1.51. The molecule has 0 saturated carbocycles. The van der Waals surface area contributed by atoms with Gasteiger partial charge in [0, 0.05) is 44.3 Å². The summed E-state index contributed by atoms with van der Waals surface area (Å²) < 4.78 is 0. The number of nitrogens with two attached hydrogens (primary N) is 1. The minimum atomic E-state index is 0.655. The van der Waals surface area contributed by atoms with Gasteiger partial charge >= 0.3 is 0 Å². The first-order valence-electron chi connectivity index (χ1n) is 6.39. The highest BCUT2D eigenvalue weighted by Crippen LogP contribution is 2.16. The Morgan fingerprint density at radius 2 is 2.05 bits per heavy atom. The van der Waals surface area contributed by atoms with Gasteiger partial charge in [0.05, 0.1) is 5.69 Å². The number of anilines is 2. The van der Waals surface area contributed by atoms with Gasteiger partial charge in [-0.05, 0) is 12.1 Å². The molecule has 2 aromatic heterocycles. The average Bonchev–Trinajstić information content (AvgIpc) is 2.86. The van der Waals surface area contributed by atoms with E-state index in [4.69, 9.17) is 5.73 Å². The lowest BCUT2D eigenvalue weighted by atomic mass is 10.3. The molecule has 0 aliphatic carbocycles. The second-order valence-electron chi connectivity index (χ2n) is 4.63. The molecular weight excluding hydrogens is 258 g/mol. The molecule has 19 heavy (non-hydrogen) atoms. The van der Waals surface area contributed by atoms with Gasteiger partial charge in [-0.2, -0.15) is 0 Å². The van der Waals surface area contributed by atoms with Crippen molar-refractivity contribution in [3.8, 4) is 0 Å². The van der Waals surface area contributed by atoms with E-state index in [1.807, 2.05) is 23.7 Å². The average molecular weight is 275 g/mol. The molecule has 0 aromatic carbocycles. The van der Waals surface area contributed by atoms with Crippen LogP contribution in [0, 0.1) is 0 Å². The predicted octanol–water partition coefficient (Wildman–Crippen LogP) is 1.44. The summed E-state index contributed by atoms with van der Waals surface area (Å²) in [7, 11) is 0. The highest BCUT2D eigenvalue weighted by Gasteiger charge is 2.18. The Hall–Kier alpha value is -1.66. The molecule has 1 saturated heterocycles. The normalized spacial score (nSPS) is 16.7. The van der Waals surface area contributed by atoms with Gasteiger partial charge in [-0.15, -0.1) is 11.3 Å². The molecule has 100 valence electrons. The maximum atomic E-state index is 5.65. The zero-order valence-electron chi connectivity index (χ0n) is 10.7. The number of piperazine rings is 1. The molecule has 0 amide bonds. The van der Waals surface area contributed by atoms with Crippen LogP contribution in [0.25, 0.3) is 0 Å². The molecule has 5 nitrogen and oxygen atoms in total. The number of thiazole rings is 1. The topological polar surface area (TPSA) is 58.3 Å². The largest absolute Gasteiger partial charge is 0.375 e. The van der Waals surface area contributed by atoms with E-state index in [2.05, 4.69) is 25.8 Å². The third-order valence-electron chi connectivity index (χ3n) is 3.30. The molecule has 0 spiro atoms. The van der Waals surface area contributed by atoms with Gasteiger partial charge in [0.15, 0.2) is 5.13 Å². The van der Waals surface area contributed by atoms with Gasteiger partial charge in [0.1, 0.15) is 5.82 Å². The fraction of sp³-hybridized carbons (Fsp3) is 0.385. The van der Waals surface area contributed by atoms with Crippen LogP contribution in [0.2, 0.25) is 0 Å². The van der Waals surface area contributed by atoms with Crippen molar-refractivity contribution >= 4 is 22.3 Å². The Labute approximate surface area is 116 Å². The minimum absolute atomic E-state index is 0.655. The summed E-state index contributed by atoms with van der Waals surface area (Å²) in [5, 5.41) is 2.70. The molecule has 3 heterocycles. The molecule has 1 fully saturated rings. The van der Waals surface area contributed by atoms with E-state index >= 15 is 0 Å². The van der Waals surface area contributed by atoms with Crippen molar-refractivity contribution in [3.63, 3.8) is 0 Å². The van der Waals surface area contributed by atoms with Crippen molar-refractivity contribution in [3.05, 3.63) is 35.5 Å². The summed E-state index contributed by atoms with van der Waals surface area (Å²) in [4.78, 5) is 13.4. The van der Waals surface area contributed by atoms with Crippen LogP contribution < -0.4 is 10.6 Å². The monoisotopic (exact) mass is 275 g/mol. The standard InChI is InChI=1S/C13H17N5S/c14-13-16-11(10-19-13)9-17-5-7-18(8-6-17)12-3-1-2-4-15-12/h1-4,10H,5-9H2,(H2,14,16). The van der Waals surface area contributed by atoms with Crippen LogP contribution in [0.5, 0.6) is 0 Å². The van der Waals surface area contributed by atoms with Crippen LogP contribution in [0.3, 0.4) is 0 Å². The van der Waals surface area contributed by atoms with Crippen molar-refractivity contribution in [2.45, 2.75) is 6.54 Å². The van der Waals surface area contributed by atoms with Crippen LogP contribution in [0.15, 0.2) is 29.8 Å². The SMILES string of the molecule is Nc1nc(CN2CCN(c3ccccn3)CC2)cs1. The molecule has 0 atom stereocenters. The Bertz CT molecular complexity index is 519. The fourth-order valence-corrected chi connectivity index (χ4v) is 2.85. The van der Waals surface area contributed by atoms with E-state index in [9.17, 15) is 0 Å². The van der Waals surface area contributed by atoms with Crippen LogP contribution >= 0.6 is 11.3 Å². The molecule has 2 N–H and O–H groups in total. The summed E-state index contributed by atoms with van der Waals surface area (Å²) in [6.07, 6.45) is 1.85. The van der Waals surface area contributed by atoms with E-state index in [1.54, 1.807) is 0 Å². The van der Waals surface area contributed by atoms with Crippen LogP contribution in [0.4, 0.5) is 10.9 Å². The Morgan fingerprint density at radius 3 is 2.68 bits per heavy atom. The van der Waals surface area contributed by atoms with Gasteiger partial charge in [-0.25, -0.2) is 9.97 Å². The Morgan fingerprint density at radius 1 is 1.21 bits per heavy atom. The van der Waals surface area contributed by atoms with E-state index in [1.165, 1.54) is 11.3 Å². The first-order valence-corrected chi connectivity index (χ1v) is 7.27. The maximum Gasteiger partial charge on any atom is 0.180 e. The highest BCUT2D eigenvalue weighted by molar-refractivity contribution is 7.13. The van der Waals surface area contributed by atoms with E-state index in [-0.39, 0.29) is 0 Å². The molecule has 0 bridgehead atoms. The van der Waals surface area contributed by atoms with Gasteiger partial charge in [0.25, 0.3) is 0 Å². The zero-order valence-corrected chi connectivity index (χ0v) is 11.5. The van der Waals surface area contributed by atoms with Crippen LogP contribution in [-0.4, -0.2) is 41.0 Å². The molecule has 0 radical (unpaired) electrons. The lowest BCUT2D eigenvalue weighted by molar-refractivity contribution is 0.247. The quantitative estimate of drug-likeness (QED) is 0.918. The predicted molar refractivity (Wildman–Crippen MR) is 78.3 cm³/mol. The van der Waals surface area contributed by atoms with Crippen molar-refractivity contribution in [2.75, 3.05) is 36.8 Å². The fourth-order valence-electron chi connectivity index (χ4n) is 2.30. The van der Waals surface area contributed by atoms with Crippen LogP contribution in [0.1, 0.15) is 5.69 Å². The van der Waals surface area contributed by atoms with Gasteiger partial charge in [-0.1, -0.05) is 6.07 Å². The number of nitrogens with zero attached hydrogens (tertiary/aromatic N) is 4. The van der Waals surface area contributed by atoms with Crippen LogP contribution in [-0.2, 0) is 6.54 Å². The zero-order chi connectivity index (χ0) is 13.1. The molecule has 1 aliphatic rings. The molecule has 1 aliphatic heterocycles. The summed E-state index contributed by atoms with van der Waals surface area (Å²) in [5.74, 6) is 1.07. The smallest absolute Gasteiger partial charge is 0.180 e. The molecular formula is C13H17N5S. The number of rotatable bonds is 3. The van der Waals surface area contributed by atoms with Gasteiger partial charge in [-0.3, -0.25) is 4.90 Å². The number of hydrogen-bond donors (Lipinski definition) is 1. The Kier molecular flexibility index (Phi) is 3.61. The first kappa shape index (κ1) is 12.4. The number of hydrogen-bond acceptors (Lipinski definition) is 6. The van der Waals surface area contributed by atoms with E-state index in [0.717, 1.165) is 44.2 Å². The maximum absolute atomic E-state index is 5.65. The van der Waals surface area contributed by atoms with Crippen molar-refractivity contribution in [1.29, 1.82) is 0 Å². The molecule has 6 heteroatoms. The Balaban J connectivity index is 1.55.